The summed E-state index contributed by atoms with van der Waals surface area (Å²) in [7, 11) is 0. The normalized spacial score (nSPS) is 15.2. The number of para-hydroxylation sites is 1. The molecule has 2 aromatic heterocycles. The fourth-order valence-electron chi connectivity index (χ4n) is 5.34. The molecule has 0 saturated heterocycles. The summed E-state index contributed by atoms with van der Waals surface area (Å²) in [4.78, 5) is 34.4. The predicted molar refractivity (Wildman–Crippen MR) is 167 cm³/mol. The lowest BCUT2D eigenvalue weighted by molar-refractivity contribution is -0.138. The molecule has 41 heavy (non-hydrogen) atoms. The molecule has 1 unspecified atom stereocenters. The van der Waals surface area contributed by atoms with Crippen molar-refractivity contribution in [1.82, 2.24) is 9.13 Å². The quantitative estimate of drug-likeness (QED) is 0.185. The van der Waals surface area contributed by atoms with E-state index in [2.05, 4.69) is 29.8 Å². The minimum absolute atomic E-state index is 0.185. The lowest BCUT2D eigenvalue weighted by atomic mass is 9.93. The Morgan fingerprint density at radius 2 is 1.76 bits per heavy atom. The van der Waals surface area contributed by atoms with Crippen LogP contribution in [-0.4, -0.2) is 28.0 Å². The number of benzene rings is 3. The van der Waals surface area contributed by atoms with Gasteiger partial charge in [0, 0.05) is 39.7 Å². The summed E-state index contributed by atoms with van der Waals surface area (Å²) >= 11 is 2.98. The van der Waals surface area contributed by atoms with Gasteiger partial charge in [0.25, 0.3) is 5.56 Å². The molecule has 3 heterocycles. The first kappa shape index (κ1) is 27.1. The summed E-state index contributed by atoms with van der Waals surface area (Å²) in [6.07, 6.45) is 6.05. The minimum Gasteiger partial charge on any atom is -0.463 e. The summed E-state index contributed by atoms with van der Waals surface area (Å²) in [5.41, 5.74) is 4.41. The highest BCUT2D eigenvalue weighted by Gasteiger charge is 2.35. The van der Waals surface area contributed by atoms with Crippen molar-refractivity contribution >= 4 is 51.7 Å². The molecule has 206 valence electrons. The summed E-state index contributed by atoms with van der Waals surface area (Å²) in [5.74, 6) is -0.477. The highest BCUT2D eigenvalue weighted by molar-refractivity contribution is 7.98. The number of fused-ring (bicyclic) bond motifs is 2. The summed E-state index contributed by atoms with van der Waals surface area (Å²) in [6.45, 7) is 4.93. The second-order valence-corrected chi connectivity index (χ2v) is 11.5. The Labute approximate surface area is 245 Å². The van der Waals surface area contributed by atoms with Crippen molar-refractivity contribution in [2.45, 2.75) is 31.3 Å². The third kappa shape index (κ3) is 4.87. The first-order chi connectivity index (χ1) is 20.0. The van der Waals surface area contributed by atoms with Crippen molar-refractivity contribution in [2.24, 2.45) is 4.99 Å². The largest absolute Gasteiger partial charge is 0.463 e. The van der Waals surface area contributed by atoms with Gasteiger partial charge in [0.15, 0.2) is 4.80 Å². The number of ether oxygens (including phenoxy) is 1. The molecule has 1 aliphatic heterocycles. The monoisotopic (exact) mass is 579 g/mol. The highest BCUT2D eigenvalue weighted by atomic mass is 32.2. The lowest BCUT2D eigenvalue weighted by Gasteiger charge is -2.26. The van der Waals surface area contributed by atoms with Crippen molar-refractivity contribution in [2.75, 3.05) is 12.9 Å². The van der Waals surface area contributed by atoms with E-state index in [1.165, 1.54) is 11.3 Å². The molecule has 0 bridgehead atoms. The first-order valence-corrected chi connectivity index (χ1v) is 15.6. The molecule has 0 radical (unpaired) electrons. The van der Waals surface area contributed by atoms with Gasteiger partial charge in [0.1, 0.15) is 0 Å². The third-order valence-corrected chi connectivity index (χ3v) is 8.98. The van der Waals surface area contributed by atoms with Crippen LogP contribution in [0.5, 0.6) is 0 Å². The van der Waals surface area contributed by atoms with Crippen LogP contribution in [0.2, 0.25) is 0 Å². The Morgan fingerprint density at radius 1 is 1.02 bits per heavy atom. The van der Waals surface area contributed by atoms with Crippen molar-refractivity contribution < 1.29 is 9.53 Å². The van der Waals surface area contributed by atoms with Gasteiger partial charge in [-0.05, 0) is 49.9 Å². The van der Waals surface area contributed by atoms with E-state index in [1.54, 1.807) is 23.3 Å². The van der Waals surface area contributed by atoms with Crippen molar-refractivity contribution in [3.8, 4) is 0 Å². The lowest BCUT2D eigenvalue weighted by Crippen LogP contribution is -2.40. The van der Waals surface area contributed by atoms with Gasteiger partial charge in [-0.3, -0.25) is 9.36 Å². The smallest absolute Gasteiger partial charge is 0.338 e. The molecular weight excluding hydrogens is 551 g/mol. The first-order valence-electron chi connectivity index (χ1n) is 13.5. The Hall–Kier alpha value is -4.14. The number of aromatic nitrogens is 2. The van der Waals surface area contributed by atoms with Gasteiger partial charge >= 0.3 is 5.97 Å². The molecule has 5 aromatic rings. The number of carbonyl (C=O) groups excluding carboxylic acids is 1. The second-order valence-electron chi connectivity index (χ2n) is 9.59. The predicted octanol–water partition coefficient (Wildman–Crippen LogP) is 5.63. The molecule has 0 amide bonds. The van der Waals surface area contributed by atoms with Gasteiger partial charge in [0.2, 0.25) is 0 Å². The minimum atomic E-state index is -0.685. The number of thioether (sulfide) groups is 1. The maximum Gasteiger partial charge on any atom is 0.338 e. The number of carbonyl (C=O) groups is 1. The average molecular weight is 580 g/mol. The molecule has 1 atom stereocenters. The topological polar surface area (TPSA) is 65.6 Å². The van der Waals surface area contributed by atoms with E-state index < -0.39 is 12.0 Å². The van der Waals surface area contributed by atoms with E-state index >= 15 is 0 Å². The molecule has 0 N–H and O–H groups in total. The fraction of sp³-hybridized carbons (Fsp3) is 0.182. The Bertz CT molecular complexity index is 1970. The molecule has 0 fully saturated rings. The molecule has 1 aliphatic rings. The van der Waals surface area contributed by atoms with E-state index in [1.807, 2.05) is 79.1 Å². The van der Waals surface area contributed by atoms with Gasteiger partial charge in [-0.1, -0.05) is 72.0 Å². The molecule has 0 aliphatic carbocycles. The van der Waals surface area contributed by atoms with Gasteiger partial charge in [-0.25, -0.2) is 9.79 Å². The van der Waals surface area contributed by atoms with Crippen LogP contribution in [0.25, 0.3) is 22.7 Å². The molecular formula is C33H29N3O3S2. The SMILES string of the molecule is CCOC(=O)C1=C(c2ccccc2)N=c2sc(=Cc3cn(CC)c4ccccc34)c(=O)n2C1c1ccc(SC)cc1. The van der Waals surface area contributed by atoms with Crippen LogP contribution in [0.1, 0.15) is 36.6 Å². The number of aryl methyl sites for hydroxylation is 1. The van der Waals surface area contributed by atoms with Crippen LogP contribution < -0.4 is 14.9 Å². The number of hydrogen-bond acceptors (Lipinski definition) is 6. The van der Waals surface area contributed by atoms with Crippen LogP contribution in [-0.2, 0) is 16.1 Å². The number of thiazole rings is 1. The Morgan fingerprint density at radius 3 is 2.46 bits per heavy atom. The Balaban J connectivity index is 1.64. The number of nitrogens with zero attached hydrogens (tertiary/aromatic N) is 3. The van der Waals surface area contributed by atoms with E-state index in [-0.39, 0.29) is 12.2 Å². The molecule has 3 aromatic carbocycles. The van der Waals surface area contributed by atoms with Crippen molar-refractivity contribution in [3.63, 3.8) is 0 Å². The van der Waals surface area contributed by atoms with Crippen LogP contribution in [0.3, 0.4) is 0 Å². The third-order valence-electron chi connectivity index (χ3n) is 7.25. The van der Waals surface area contributed by atoms with Gasteiger partial charge < -0.3 is 9.30 Å². The average Bonchev–Trinajstić information content (AvgIpc) is 3.53. The van der Waals surface area contributed by atoms with Crippen molar-refractivity contribution in [3.05, 3.63) is 127 Å². The van der Waals surface area contributed by atoms with E-state index in [0.717, 1.165) is 39.0 Å². The fourth-order valence-corrected chi connectivity index (χ4v) is 6.74. The molecule has 6 nitrogen and oxygen atoms in total. The van der Waals surface area contributed by atoms with Gasteiger partial charge in [-0.15, -0.1) is 11.8 Å². The molecule has 6 rings (SSSR count). The zero-order valence-corrected chi connectivity index (χ0v) is 24.7. The number of rotatable bonds is 7. The van der Waals surface area contributed by atoms with E-state index in [4.69, 9.17) is 9.73 Å². The standard InChI is InChI=1S/C33H29N3O3S2/c1-4-35-20-23(25-13-9-10-14-26(25)35)19-27-31(37)36-30(22-15-17-24(40-3)18-16-22)28(32(38)39-5-2)29(34-33(36)41-27)21-11-7-6-8-12-21/h6-20,30H,4-5H2,1-3H3. The second kappa shape index (κ2) is 11.4. The number of esters is 1. The summed E-state index contributed by atoms with van der Waals surface area (Å²) < 4.78 is 9.96. The highest BCUT2D eigenvalue weighted by Crippen LogP contribution is 2.35. The maximum absolute atomic E-state index is 14.2. The number of hydrogen-bond donors (Lipinski definition) is 0. The van der Waals surface area contributed by atoms with Crippen LogP contribution in [0, 0.1) is 0 Å². The molecule has 0 spiro atoms. The Kier molecular flexibility index (Phi) is 7.51. The van der Waals surface area contributed by atoms with E-state index in [9.17, 15) is 9.59 Å². The van der Waals surface area contributed by atoms with Crippen molar-refractivity contribution in [1.29, 1.82) is 0 Å². The van der Waals surface area contributed by atoms with Crippen LogP contribution >= 0.6 is 23.1 Å². The summed E-state index contributed by atoms with van der Waals surface area (Å²) in [5, 5.41) is 1.08. The van der Waals surface area contributed by atoms with Gasteiger partial charge in [-0.2, -0.15) is 0 Å². The van der Waals surface area contributed by atoms with Crippen LogP contribution in [0.4, 0.5) is 0 Å². The maximum atomic E-state index is 14.2. The molecule has 0 saturated carbocycles. The van der Waals surface area contributed by atoms with Crippen LogP contribution in [0.15, 0.2) is 105 Å². The zero-order chi connectivity index (χ0) is 28.5. The summed E-state index contributed by atoms with van der Waals surface area (Å²) in [6, 6.07) is 25.1. The van der Waals surface area contributed by atoms with Gasteiger partial charge in [0.05, 0.1) is 28.5 Å². The molecule has 8 heteroatoms. The zero-order valence-electron chi connectivity index (χ0n) is 23.0. The van der Waals surface area contributed by atoms with E-state index in [0.29, 0.717) is 20.6 Å².